The summed E-state index contributed by atoms with van der Waals surface area (Å²) in [5, 5.41) is 35.2. The lowest BCUT2D eigenvalue weighted by molar-refractivity contribution is -0.270. The third-order valence-electron chi connectivity index (χ3n) is 8.96. The molecule has 0 aromatic heterocycles. The lowest BCUT2D eigenvalue weighted by Gasteiger charge is -2.42. The fourth-order valence-corrected chi connectivity index (χ4v) is 6.79. The van der Waals surface area contributed by atoms with E-state index in [1.54, 1.807) is 12.1 Å². The zero-order valence-corrected chi connectivity index (χ0v) is 31.2. The Kier molecular flexibility index (Phi) is 19.7. The van der Waals surface area contributed by atoms with Crippen LogP contribution in [0.25, 0.3) is 0 Å². The van der Waals surface area contributed by atoms with Crippen molar-refractivity contribution in [2.24, 2.45) is 5.92 Å². The van der Waals surface area contributed by atoms with Crippen LogP contribution in [0.5, 0.6) is 0 Å². The smallest absolute Gasteiger partial charge is 0.431 e. The minimum absolute atomic E-state index is 0.0154. The predicted octanol–water partition coefficient (Wildman–Crippen LogP) is 1.57. The van der Waals surface area contributed by atoms with Crippen LogP contribution >= 0.6 is 7.82 Å². The summed E-state index contributed by atoms with van der Waals surface area (Å²) in [5.41, 5.74) is 0.780. The van der Waals surface area contributed by atoms with E-state index in [4.69, 9.17) is 36.1 Å². The third kappa shape index (κ3) is 15.6. The summed E-state index contributed by atoms with van der Waals surface area (Å²) in [5.74, 6) is -1.01. The molecular formula is C34H54BN2O15P. The van der Waals surface area contributed by atoms with Gasteiger partial charge in [0.25, 0.3) is 0 Å². The first-order valence-electron chi connectivity index (χ1n) is 17.9. The molecule has 2 heterocycles. The fourth-order valence-electron chi connectivity index (χ4n) is 6.11. The molecule has 17 nitrogen and oxygen atoms in total. The molecule has 0 spiro atoms. The van der Waals surface area contributed by atoms with Gasteiger partial charge in [0.1, 0.15) is 57.6 Å². The minimum Gasteiger partial charge on any atom is -0.431 e. The molecular weight excluding hydrogens is 718 g/mol. The summed E-state index contributed by atoms with van der Waals surface area (Å²) in [6.07, 6.45) is -1.82. The van der Waals surface area contributed by atoms with Crippen LogP contribution < -0.4 is 10.6 Å². The molecule has 3 rings (SSSR count). The molecule has 298 valence electrons. The molecule has 0 bridgehead atoms. The van der Waals surface area contributed by atoms with Crippen LogP contribution in [0.2, 0.25) is 0 Å². The number of amides is 2. The lowest BCUT2D eigenvalue weighted by Crippen LogP contribution is -2.64. The standard InChI is InChI=1S/C34H54BN2O15P/c1-22(39)37-28-30(42)29(41)25(19-38)51-33(28)47-18-12-10-16-27(40)36-17-11-5-3-4-9-15-24-31(52-53(44,45)46-2)26(50-32(24)35)21-49-34(43)48-20-23-13-7-6-8-14-23/h6-8,13-14,24-26,28-33,38,41-42H,3-5,9-12,15-21H2,1-2H3,(H,36,40)(H,37,39)(H,44,45)/t24?,25-,26-,28-,29+,30-,31-,32-,33-/m1/s1. The maximum Gasteiger partial charge on any atom is 0.508 e. The van der Waals surface area contributed by atoms with Crippen molar-refractivity contribution in [3.05, 3.63) is 35.9 Å². The number of benzene rings is 1. The van der Waals surface area contributed by atoms with Crippen molar-refractivity contribution in [3.8, 4) is 0 Å². The van der Waals surface area contributed by atoms with E-state index < -0.39 is 81.3 Å². The molecule has 2 radical (unpaired) electrons. The molecule has 1 aromatic rings. The predicted molar refractivity (Wildman–Crippen MR) is 188 cm³/mol. The number of phosphoric ester groups is 1. The van der Waals surface area contributed by atoms with Crippen LogP contribution in [-0.2, 0) is 53.5 Å². The van der Waals surface area contributed by atoms with Crippen molar-refractivity contribution in [1.29, 1.82) is 0 Å². The van der Waals surface area contributed by atoms with Crippen molar-refractivity contribution in [1.82, 2.24) is 10.6 Å². The van der Waals surface area contributed by atoms with E-state index in [9.17, 15) is 39.2 Å². The van der Waals surface area contributed by atoms with Gasteiger partial charge >= 0.3 is 14.0 Å². The first-order chi connectivity index (χ1) is 25.3. The van der Waals surface area contributed by atoms with Crippen molar-refractivity contribution in [2.45, 2.75) is 120 Å². The van der Waals surface area contributed by atoms with Gasteiger partial charge in [-0.05, 0) is 31.2 Å². The average molecular weight is 773 g/mol. The molecule has 1 aromatic carbocycles. The van der Waals surface area contributed by atoms with Crippen LogP contribution in [-0.4, -0.2) is 128 Å². The highest BCUT2D eigenvalue weighted by Crippen LogP contribution is 2.48. The summed E-state index contributed by atoms with van der Waals surface area (Å²) >= 11 is 0. The van der Waals surface area contributed by atoms with E-state index >= 15 is 0 Å². The number of carbonyl (C=O) groups excluding carboxylic acids is 3. The third-order valence-corrected chi connectivity index (χ3v) is 9.93. The Morgan fingerprint density at radius 2 is 1.66 bits per heavy atom. The van der Waals surface area contributed by atoms with E-state index in [1.807, 2.05) is 18.2 Å². The summed E-state index contributed by atoms with van der Waals surface area (Å²) in [7, 11) is 2.86. The van der Waals surface area contributed by atoms with Gasteiger partial charge in [-0.15, -0.1) is 0 Å². The highest BCUT2D eigenvalue weighted by atomic mass is 31.2. The molecule has 0 aliphatic carbocycles. The number of aliphatic hydroxyl groups is 3. The quantitative estimate of drug-likeness (QED) is 0.0401. The first-order valence-corrected chi connectivity index (χ1v) is 19.4. The number of rotatable bonds is 23. The highest BCUT2D eigenvalue weighted by Gasteiger charge is 2.47. The summed E-state index contributed by atoms with van der Waals surface area (Å²) in [6.45, 7) is 1.12. The SMILES string of the molecule is [B][C@@H]1O[C@H](COC(=O)OCc2ccccc2)[C@H](OP(=O)(O)OC)C1CCCCCCCNC(=O)CCCCO[C@@H]1O[C@H](CO)[C@H](O)[C@H](O)[C@H]1NC(C)=O. The maximum atomic E-state index is 12.3. The molecule has 6 N–H and O–H groups in total. The Morgan fingerprint density at radius 3 is 2.36 bits per heavy atom. The number of aliphatic hydroxyl groups excluding tert-OH is 3. The van der Waals surface area contributed by atoms with Crippen LogP contribution in [0.1, 0.15) is 70.3 Å². The second-order valence-corrected chi connectivity index (χ2v) is 14.5. The zero-order valence-electron chi connectivity index (χ0n) is 30.3. The Morgan fingerprint density at radius 1 is 0.943 bits per heavy atom. The van der Waals surface area contributed by atoms with Crippen LogP contribution in [0.3, 0.4) is 0 Å². The summed E-state index contributed by atoms with van der Waals surface area (Å²) < 4.78 is 49.6. The summed E-state index contributed by atoms with van der Waals surface area (Å²) in [6, 6.07) is 7.22. The number of unbranched alkanes of at least 4 members (excludes halogenated alkanes) is 5. The molecule has 2 amide bonds. The van der Waals surface area contributed by atoms with Crippen LogP contribution in [0.4, 0.5) is 4.79 Å². The Bertz CT molecular complexity index is 1300. The Hall–Kier alpha value is -2.64. The van der Waals surface area contributed by atoms with Gasteiger partial charge < -0.3 is 54.5 Å². The van der Waals surface area contributed by atoms with Crippen molar-refractivity contribution < 1.29 is 71.9 Å². The number of phosphoric acid groups is 1. The fraction of sp³-hybridized carbons (Fsp3) is 0.735. The Labute approximate surface area is 311 Å². The highest BCUT2D eigenvalue weighted by molar-refractivity contribution is 7.47. The van der Waals surface area contributed by atoms with Gasteiger partial charge in [0.2, 0.25) is 11.8 Å². The molecule has 2 fully saturated rings. The maximum absolute atomic E-state index is 12.3. The molecule has 0 saturated carbocycles. The minimum atomic E-state index is -4.41. The molecule has 2 aliphatic rings. The first kappa shape index (κ1) is 44.8. The van der Waals surface area contributed by atoms with Crippen molar-refractivity contribution >= 4 is 33.6 Å². The van der Waals surface area contributed by atoms with Gasteiger partial charge in [-0.25, -0.2) is 9.36 Å². The zero-order chi connectivity index (χ0) is 38.8. The van der Waals surface area contributed by atoms with Crippen molar-refractivity contribution in [2.75, 3.05) is 33.5 Å². The van der Waals surface area contributed by atoms with Gasteiger partial charge in [-0.3, -0.25) is 18.6 Å². The monoisotopic (exact) mass is 772 g/mol. The number of hydrogen-bond acceptors (Lipinski definition) is 14. The van der Waals surface area contributed by atoms with Gasteiger partial charge in [-0.1, -0.05) is 56.0 Å². The Balaban J connectivity index is 1.28. The summed E-state index contributed by atoms with van der Waals surface area (Å²) in [4.78, 5) is 46.0. The van der Waals surface area contributed by atoms with Crippen LogP contribution in [0, 0.1) is 5.92 Å². The average Bonchev–Trinajstić information content (AvgIpc) is 3.42. The van der Waals surface area contributed by atoms with Crippen LogP contribution in [0.15, 0.2) is 30.3 Å². The normalized spacial score (nSPS) is 28.2. The molecule has 53 heavy (non-hydrogen) atoms. The van der Waals surface area contributed by atoms with E-state index in [1.165, 1.54) is 6.92 Å². The van der Waals surface area contributed by atoms with E-state index in [0.29, 0.717) is 25.8 Å². The number of nitrogens with one attached hydrogen (secondary N) is 2. The second kappa shape index (κ2) is 23.3. The van der Waals surface area contributed by atoms with Crippen molar-refractivity contribution in [3.63, 3.8) is 0 Å². The van der Waals surface area contributed by atoms with E-state index in [0.717, 1.165) is 44.8 Å². The molecule has 2 aliphatic heterocycles. The number of carbonyl (C=O) groups is 3. The van der Waals surface area contributed by atoms with E-state index in [-0.39, 0.29) is 32.1 Å². The van der Waals surface area contributed by atoms with Gasteiger partial charge in [-0.2, -0.15) is 0 Å². The molecule has 2 saturated heterocycles. The van der Waals surface area contributed by atoms with Gasteiger partial charge in [0.15, 0.2) is 6.29 Å². The number of hydrogen-bond donors (Lipinski definition) is 6. The second-order valence-electron chi connectivity index (χ2n) is 13.0. The van der Waals surface area contributed by atoms with Gasteiger partial charge in [0, 0.05) is 45.5 Å². The molecule has 10 atom stereocenters. The lowest BCUT2D eigenvalue weighted by atomic mass is 9.81. The largest absolute Gasteiger partial charge is 0.508 e. The number of ether oxygens (including phenoxy) is 5. The van der Waals surface area contributed by atoms with E-state index in [2.05, 4.69) is 15.2 Å². The molecule has 2 unspecified atom stereocenters. The molecule has 19 heteroatoms. The van der Waals surface area contributed by atoms with Gasteiger partial charge in [0.05, 0.1) is 6.61 Å². The topological polar surface area (TPSA) is 238 Å².